The van der Waals surface area contributed by atoms with Gasteiger partial charge in [0.15, 0.2) is 17.8 Å². The van der Waals surface area contributed by atoms with Gasteiger partial charge < -0.3 is 39.8 Å². The molecule has 3 aromatic rings. The number of aliphatic hydroxyl groups is 3. The van der Waals surface area contributed by atoms with E-state index >= 15 is 0 Å². The summed E-state index contributed by atoms with van der Waals surface area (Å²) in [4.78, 5) is 32.0. The van der Waals surface area contributed by atoms with Gasteiger partial charge in [-0.15, -0.1) is 5.11 Å². The molecule has 0 aliphatic carbocycles. The monoisotopic (exact) mass is 658 g/mol. The Morgan fingerprint density at radius 3 is 2.32 bits per heavy atom. The van der Waals surface area contributed by atoms with Crippen molar-refractivity contribution in [2.24, 2.45) is 0 Å². The van der Waals surface area contributed by atoms with Crippen LogP contribution in [0.5, 0.6) is 0 Å². The topological polar surface area (TPSA) is 207 Å². The fraction of sp³-hybridized carbons (Fsp3) is 0.364. The van der Waals surface area contributed by atoms with E-state index < -0.39 is 67.5 Å². The maximum atomic E-state index is 14.6. The van der Waals surface area contributed by atoms with Crippen LogP contribution in [0.4, 0.5) is 10.1 Å². The molecule has 5 atom stereocenters. The summed E-state index contributed by atoms with van der Waals surface area (Å²) in [5.41, 5.74) is -0.698. The predicted molar refractivity (Wildman–Crippen MR) is 164 cm³/mol. The first-order valence-corrected chi connectivity index (χ1v) is 16.3. The van der Waals surface area contributed by atoms with E-state index in [2.05, 4.69) is 19.9 Å². The van der Waals surface area contributed by atoms with Crippen LogP contribution in [0.3, 0.4) is 0 Å². The molecule has 0 aliphatic rings. The molecule has 0 saturated heterocycles. The lowest BCUT2D eigenvalue weighted by molar-refractivity contribution is -0.0861. The smallest absolute Gasteiger partial charge is 0.339 e. The van der Waals surface area contributed by atoms with Crippen molar-refractivity contribution >= 4 is 82.7 Å². The SMILES string of the molecule is [B]C([B])(OP(=O)(O)CP(=O)(O)O)/C(=C/C)[C@@H](O)[C@@H](O)[C@@H](O)n1ncc2c(NC(c3ccccc3F)C([B])([B])[B])cc(Cl)nc21. The molecule has 0 saturated carbocycles. The van der Waals surface area contributed by atoms with Gasteiger partial charge in [0.1, 0.15) is 38.9 Å². The van der Waals surface area contributed by atoms with E-state index in [4.69, 9.17) is 60.6 Å². The van der Waals surface area contributed by atoms with E-state index in [1.165, 1.54) is 43.5 Å². The van der Waals surface area contributed by atoms with Gasteiger partial charge in [0.05, 0.1) is 40.8 Å². The maximum absolute atomic E-state index is 14.6. The lowest BCUT2D eigenvalue weighted by Crippen LogP contribution is -2.46. The zero-order valence-electron chi connectivity index (χ0n) is 22.8. The van der Waals surface area contributed by atoms with Crippen LogP contribution >= 0.6 is 26.8 Å². The second-order valence-corrected chi connectivity index (χ2v) is 14.1. The summed E-state index contributed by atoms with van der Waals surface area (Å²) in [6, 6.07) is 5.63. The van der Waals surface area contributed by atoms with Gasteiger partial charge in [0.2, 0.25) is 0 Å². The number of rotatable bonds is 13. The van der Waals surface area contributed by atoms with E-state index in [-0.39, 0.29) is 27.4 Å². The Balaban J connectivity index is 1.96. The predicted octanol–water partition coefficient (Wildman–Crippen LogP) is 0.443. The Labute approximate surface area is 263 Å². The average molecular weight is 658 g/mol. The molecule has 13 nitrogen and oxygen atoms in total. The standard InChI is InChI=1S/C22H23B5ClFN4O9P2/c1-2-12(22(26,27)42-44(40,41)9-43(37,38)39)16(34)17(35)20(36)33-19-11(8-30-33)14(7-15(28)32-19)31-18(21(23,24)25)10-5-3-4-6-13(10)29/h2-8,16-18,20,34-36H,9H2,1H3,(H,31,32)(H,40,41)(H2,37,38,39)/b12-2+/t16-,17-,18?,20-/m1/s1. The van der Waals surface area contributed by atoms with Crippen molar-refractivity contribution in [3.63, 3.8) is 0 Å². The van der Waals surface area contributed by atoms with Gasteiger partial charge in [-0.05, 0) is 24.6 Å². The summed E-state index contributed by atoms with van der Waals surface area (Å²) in [7, 11) is 19.0. The number of hydrogen-bond donors (Lipinski definition) is 7. The maximum Gasteiger partial charge on any atom is 0.339 e. The first kappa shape index (κ1) is 36.6. The van der Waals surface area contributed by atoms with Gasteiger partial charge in [-0.2, -0.15) is 5.10 Å². The summed E-state index contributed by atoms with van der Waals surface area (Å²) in [6.07, 6.45) is -4.41. The summed E-state index contributed by atoms with van der Waals surface area (Å²) < 4.78 is 43.4. The Kier molecular flexibility index (Phi) is 11.2. The van der Waals surface area contributed by atoms with E-state index in [1.807, 2.05) is 0 Å². The first-order chi connectivity index (χ1) is 20.1. The number of halogens is 2. The number of hydrogen-bond acceptors (Lipinski definition) is 9. The van der Waals surface area contributed by atoms with Crippen molar-refractivity contribution < 1.29 is 48.0 Å². The second kappa shape index (κ2) is 13.5. The molecule has 44 heavy (non-hydrogen) atoms. The first-order valence-electron chi connectivity index (χ1n) is 12.3. The lowest BCUT2D eigenvalue weighted by atomic mass is 9.39. The van der Waals surface area contributed by atoms with E-state index in [9.17, 15) is 33.7 Å². The van der Waals surface area contributed by atoms with E-state index in [1.54, 1.807) is 0 Å². The van der Waals surface area contributed by atoms with Crippen LogP contribution < -0.4 is 5.32 Å². The minimum atomic E-state index is -5.15. The van der Waals surface area contributed by atoms with Gasteiger partial charge >= 0.3 is 15.2 Å². The minimum absolute atomic E-state index is 0.00781. The quantitative estimate of drug-likeness (QED) is 0.0579. The molecule has 0 bridgehead atoms. The normalized spacial score (nSPS) is 17.5. The molecule has 10 radical (unpaired) electrons. The van der Waals surface area contributed by atoms with Crippen LogP contribution in [-0.4, -0.2) is 108 Å². The molecule has 224 valence electrons. The third-order valence-electron chi connectivity index (χ3n) is 6.17. The largest absolute Gasteiger partial charge is 0.386 e. The molecule has 2 heterocycles. The van der Waals surface area contributed by atoms with Crippen molar-refractivity contribution in [3.05, 3.63) is 64.7 Å². The molecular weight excluding hydrogens is 635 g/mol. The van der Waals surface area contributed by atoms with Crippen molar-refractivity contribution in [3.8, 4) is 0 Å². The van der Waals surface area contributed by atoms with Crippen LogP contribution in [0.1, 0.15) is 24.8 Å². The Morgan fingerprint density at radius 2 is 1.77 bits per heavy atom. The summed E-state index contributed by atoms with van der Waals surface area (Å²) in [5.74, 6) is -2.32. The van der Waals surface area contributed by atoms with Gasteiger partial charge in [0.25, 0.3) is 0 Å². The van der Waals surface area contributed by atoms with Crippen molar-refractivity contribution in [1.29, 1.82) is 0 Å². The fourth-order valence-electron chi connectivity index (χ4n) is 4.31. The number of aromatic nitrogens is 3. The van der Waals surface area contributed by atoms with E-state index in [0.29, 0.717) is 0 Å². The number of allylic oxidation sites excluding steroid dienone is 1. The molecule has 3 rings (SSSR count). The number of benzene rings is 1. The van der Waals surface area contributed by atoms with Gasteiger partial charge in [-0.25, -0.2) is 14.1 Å². The van der Waals surface area contributed by atoms with Crippen LogP contribution in [-0.2, 0) is 13.7 Å². The molecule has 2 aromatic heterocycles. The summed E-state index contributed by atoms with van der Waals surface area (Å²) in [5, 5.41) is 34.6. The molecule has 2 unspecified atom stereocenters. The van der Waals surface area contributed by atoms with Crippen molar-refractivity contribution in [2.75, 3.05) is 11.2 Å². The van der Waals surface area contributed by atoms with Gasteiger partial charge in [-0.1, -0.05) is 35.9 Å². The molecule has 7 N–H and O–H groups in total. The van der Waals surface area contributed by atoms with Gasteiger partial charge in [-0.3, -0.25) is 9.13 Å². The highest BCUT2D eigenvalue weighted by Crippen LogP contribution is 2.57. The van der Waals surface area contributed by atoms with Crippen LogP contribution in [0.15, 0.2) is 48.2 Å². The highest BCUT2D eigenvalue weighted by Gasteiger charge is 2.42. The lowest BCUT2D eigenvalue weighted by Gasteiger charge is -2.36. The molecule has 22 heteroatoms. The Hall–Kier alpha value is -1.90. The number of pyridine rings is 1. The molecule has 1 aromatic carbocycles. The van der Waals surface area contributed by atoms with Crippen molar-refractivity contribution in [2.45, 2.75) is 41.9 Å². The number of nitrogens with one attached hydrogen (secondary N) is 1. The van der Waals surface area contributed by atoms with Crippen LogP contribution in [0.2, 0.25) is 10.3 Å². The Bertz CT molecular complexity index is 1640. The molecular formula is C22H23B5ClFN4O9P2. The third kappa shape index (κ3) is 8.67. The third-order valence-corrected chi connectivity index (χ3v) is 9.85. The number of nitrogens with zero attached hydrogens (tertiary/aromatic N) is 3. The number of aliphatic hydroxyl groups excluding tert-OH is 3. The highest BCUT2D eigenvalue weighted by molar-refractivity contribution is 7.70. The summed E-state index contributed by atoms with van der Waals surface area (Å²) >= 11 is 6.20. The molecule has 0 amide bonds. The summed E-state index contributed by atoms with van der Waals surface area (Å²) in [6.45, 7) is 1.24. The Morgan fingerprint density at radius 1 is 1.16 bits per heavy atom. The zero-order valence-corrected chi connectivity index (χ0v) is 25.4. The average Bonchev–Trinajstić information content (AvgIpc) is 3.27. The minimum Gasteiger partial charge on any atom is -0.386 e. The van der Waals surface area contributed by atoms with Crippen LogP contribution in [0.25, 0.3) is 11.0 Å². The second-order valence-electron chi connectivity index (χ2n) is 9.84. The van der Waals surface area contributed by atoms with Crippen molar-refractivity contribution in [1.82, 2.24) is 14.8 Å². The van der Waals surface area contributed by atoms with Gasteiger partial charge in [0, 0.05) is 17.0 Å². The van der Waals surface area contributed by atoms with Crippen LogP contribution in [0, 0.1) is 5.82 Å². The number of anilines is 1. The highest BCUT2D eigenvalue weighted by atomic mass is 35.5. The van der Waals surface area contributed by atoms with E-state index in [0.717, 1.165) is 10.8 Å². The molecule has 0 aliphatic heterocycles. The molecule has 0 fully saturated rings. The number of fused-ring (bicyclic) bond motifs is 1. The molecule has 0 spiro atoms. The fourth-order valence-corrected chi connectivity index (χ4v) is 7.17. The zero-order chi connectivity index (χ0) is 33.4.